The zero-order valence-corrected chi connectivity index (χ0v) is 10.4. The van der Waals surface area contributed by atoms with Crippen molar-refractivity contribution in [2.75, 3.05) is 31.6 Å². The van der Waals surface area contributed by atoms with Gasteiger partial charge in [0.25, 0.3) is 0 Å². The number of carbonyl (C=O) groups is 1. The van der Waals surface area contributed by atoms with Crippen LogP contribution in [-0.4, -0.2) is 38.6 Å². The number of hydrogen-bond donors (Lipinski definition) is 2. The van der Waals surface area contributed by atoms with Gasteiger partial charge in [0.05, 0.1) is 6.04 Å². The van der Waals surface area contributed by atoms with Gasteiger partial charge in [0.1, 0.15) is 0 Å². The first kappa shape index (κ1) is 12.1. The molecule has 92 valence electrons. The summed E-state index contributed by atoms with van der Waals surface area (Å²) in [6.07, 6.45) is 0. The Hall–Kier alpha value is -1.39. The first-order valence-corrected chi connectivity index (χ1v) is 5.97. The number of rotatable bonds is 2. The predicted molar refractivity (Wildman–Crippen MR) is 69.2 cm³/mol. The molecule has 4 nitrogen and oxygen atoms in total. The lowest BCUT2D eigenvalue weighted by Gasteiger charge is -2.28. The van der Waals surface area contributed by atoms with Gasteiger partial charge in [-0.2, -0.15) is 0 Å². The van der Waals surface area contributed by atoms with Crippen molar-refractivity contribution in [1.82, 2.24) is 10.6 Å². The molecule has 1 aliphatic heterocycles. The Morgan fingerprint density at radius 3 is 2.88 bits per heavy atom. The maximum absolute atomic E-state index is 12.2. The van der Waals surface area contributed by atoms with Crippen LogP contribution in [0.25, 0.3) is 0 Å². The molecular weight excluding hydrogens is 214 g/mol. The minimum Gasteiger partial charge on any atom is -0.314 e. The van der Waals surface area contributed by atoms with Crippen LogP contribution in [0.3, 0.4) is 0 Å². The van der Waals surface area contributed by atoms with Gasteiger partial charge in [-0.25, -0.2) is 0 Å². The molecule has 0 aromatic heterocycles. The van der Waals surface area contributed by atoms with Crippen molar-refractivity contribution in [3.05, 3.63) is 29.8 Å². The predicted octanol–water partition coefficient (Wildman–Crippen LogP) is 0.519. The Morgan fingerprint density at radius 2 is 2.24 bits per heavy atom. The first-order chi connectivity index (χ1) is 8.18. The summed E-state index contributed by atoms with van der Waals surface area (Å²) in [6, 6.07) is 7.87. The van der Waals surface area contributed by atoms with E-state index in [4.69, 9.17) is 0 Å². The van der Waals surface area contributed by atoms with Crippen molar-refractivity contribution in [2.45, 2.75) is 13.0 Å². The largest absolute Gasteiger partial charge is 0.314 e. The Morgan fingerprint density at radius 1 is 1.41 bits per heavy atom. The summed E-state index contributed by atoms with van der Waals surface area (Å²) in [5.41, 5.74) is 2.11. The molecule has 17 heavy (non-hydrogen) atoms. The molecule has 1 fully saturated rings. The van der Waals surface area contributed by atoms with E-state index in [-0.39, 0.29) is 11.9 Å². The molecule has 0 aliphatic carbocycles. The van der Waals surface area contributed by atoms with E-state index in [1.807, 2.05) is 38.2 Å². The van der Waals surface area contributed by atoms with Gasteiger partial charge in [0.15, 0.2) is 0 Å². The van der Waals surface area contributed by atoms with Gasteiger partial charge < -0.3 is 15.5 Å². The second-order valence-corrected chi connectivity index (χ2v) is 4.45. The highest BCUT2D eigenvalue weighted by Gasteiger charge is 2.24. The highest BCUT2D eigenvalue weighted by atomic mass is 16.2. The van der Waals surface area contributed by atoms with Gasteiger partial charge in [-0.15, -0.1) is 0 Å². The van der Waals surface area contributed by atoms with Crippen molar-refractivity contribution in [2.24, 2.45) is 0 Å². The Labute approximate surface area is 102 Å². The zero-order valence-electron chi connectivity index (χ0n) is 10.4. The van der Waals surface area contributed by atoms with E-state index < -0.39 is 0 Å². The maximum atomic E-state index is 12.2. The molecule has 1 unspecified atom stereocenters. The van der Waals surface area contributed by atoms with E-state index in [1.165, 1.54) is 0 Å². The summed E-state index contributed by atoms with van der Waals surface area (Å²) in [5, 5.41) is 6.45. The number of nitrogens with one attached hydrogen (secondary N) is 2. The molecule has 1 aliphatic rings. The fourth-order valence-corrected chi connectivity index (χ4v) is 2.03. The maximum Gasteiger partial charge on any atom is 0.245 e. The molecule has 1 aromatic rings. The molecule has 2 rings (SSSR count). The number of piperazine rings is 1. The quantitative estimate of drug-likeness (QED) is 0.782. The highest BCUT2D eigenvalue weighted by molar-refractivity contribution is 5.97. The molecule has 1 saturated heterocycles. The number of likely N-dealkylation sites (N-methyl/N-ethyl adjacent to an activating group) is 1. The van der Waals surface area contributed by atoms with E-state index in [9.17, 15) is 4.79 Å². The Kier molecular flexibility index (Phi) is 3.76. The van der Waals surface area contributed by atoms with Gasteiger partial charge in [-0.05, 0) is 24.6 Å². The molecule has 0 bridgehead atoms. The molecule has 1 aromatic carbocycles. The SMILES string of the molecule is Cc1cccc(N(C)C(=O)C2CNCCN2)c1. The van der Waals surface area contributed by atoms with Crippen LogP contribution in [0, 0.1) is 6.92 Å². The summed E-state index contributed by atoms with van der Waals surface area (Å²) >= 11 is 0. The number of nitrogens with zero attached hydrogens (tertiary/aromatic N) is 1. The lowest BCUT2D eigenvalue weighted by molar-refractivity contribution is -0.120. The van der Waals surface area contributed by atoms with Crippen LogP contribution in [0.2, 0.25) is 0 Å². The van der Waals surface area contributed by atoms with E-state index >= 15 is 0 Å². The molecule has 1 amide bonds. The minimum absolute atomic E-state index is 0.114. The molecule has 0 saturated carbocycles. The third kappa shape index (κ3) is 2.84. The fourth-order valence-electron chi connectivity index (χ4n) is 2.03. The number of amides is 1. The molecule has 1 heterocycles. The van der Waals surface area contributed by atoms with E-state index in [0.29, 0.717) is 6.54 Å². The van der Waals surface area contributed by atoms with Gasteiger partial charge >= 0.3 is 0 Å². The third-order valence-corrected chi connectivity index (χ3v) is 3.06. The lowest BCUT2D eigenvalue weighted by atomic mass is 10.1. The number of anilines is 1. The summed E-state index contributed by atoms with van der Waals surface area (Å²) in [5.74, 6) is 0.114. The normalized spacial score (nSPS) is 20.0. The second-order valence-electron chi connectivity index (χ2n) is 4.45. The van der Waals surface area contributed by atoms with Crippen LogP contribution in [0.4, 0.5) is 5.69 Å². The van der Waals surface area contributed by atoms with Gasteiger partial charge in [0, 0.05) is 32.4 Å². The number of carbonyl (C=O) groups excluding carboxylic acids is 1. The second kappa shape index (κ2) is 5.29. The van der Waals surface area contributed by atoms with E-state index in [2.05, 4.69) is 10.6 Å². The van der Waals surface area contributed by atoms with E-state index in [0.717, 1.165) is 24.3 Å². The van der Waals surface area contributed by atoms with Crippen molar-refractivity contribution < 1.29 is 4.79 Å². The van der Waals surface area contributed by atoms with Crippen LogP contribution in [0.1, 0.15) is 5.56 Å². The van der Waals surface area contributed by atoms with Crippen LogP contribution in [-0.2, 0) is 4.79 Å². The first-order valence-electron chi connectivity index (χ1n) is 5.97. The topological polar surface area (TPSA) is 44.4 Å². The van der Waals surface area contributed by atoms with Crippen LogP contribution >= 0.6 is 0 Å². The summed E-state index contributed by atoms with van der Waals surface area (Å²) < 4.78 is 0. The smallest absolute Gasteiger partial charge is 0.245 e. The molecule has 0 radical (unpaired) electrons. The minimum atomic E-state index is -0.116. The Bertz CT molecular complexity index is 399. The monoisotopic (exact) mass is 233 g/mol. The average molecular weight is 233 g/mol. The van der Waals surface area contributed by atoms with Crippen LogP contribution in [0.5, 0.6) is 0 Å². The molecular formula is C13H19N3O. The number of benzene rings is 1. The average Bonchev–Trinajstić information content (AvgIpc) is 2.38. The summed E-state index contributed by atoms with van der Waals surface area (Å²) in [6.45, 7) is 4.51. The molecule has 2 N–H and O–H groups in total. The highest BCUT2D eigenvalue weighted by Crippen LogP contribution is 2.15. The van der Waals surface area contributed by atoms with E-state index in [1.54, 1.807) is 4.90 Å². The van der Waals surface area contributed by atoms with Crippen LogP contribution in [0.15, 0.2) is 24.3 Å². The third-order valence-electron chi connectivity index (χ3n) is 3.06. The van der Waals surface area contributed by atoms with Gasteiger partial charge in [-0.1, -0.05) is 12.1 Å². The summed E-state index contributed by atoms with van der Waals surface area (Å²) in [7, 11) is 1.83. The Balaban J connectivity index is 2.08. The van der Waals surface area contributed by atoms with Gasteiger partial charge in [-0.3, -0.25) is 4.79 Å². The van der Waals surface area contributed by atoms with Crippen molar-refractivity contribution in [3.63, 3.8) is 0 Å². The van der Waals surface area contributed by atoms with Crippen molar-refractivity contribution in [1.29, 1.82) is 0 Å². The number of aryl methyl sites for hydroxylation is 1. The fraction of sp³-hybridized carbons (Fsp3) is 0.462. The molecule has 0 spiro atoms. The van der Waals surface area contributed by atoms with Crippen molar-refractivity contribution >= 4 is 11.6 Å². The van der Waals surface area contributed by atoms with Gasteiger partial charge in [0.2, 0.25) is 5.91 Å². The zero-order chi connectivity index (χ0) is 12.3. The molecule has 4 heteroatoms. The summed E-state index contributed by atoms with van der Waals surface area (Å²) in [4.78, 5) is 14.0. The van der Waals surface area contributed by atoms with Crippen LogP contribution < -0.4 is 15.5 Å². The standard InChI is InChI=1S/C13H19N3O/c1-10-4-3-5-11(8-10)16(2)13(17)12-9-14-6-7-15-12/h3-5,8,12,14-15H,6-7,9H2,1-2H3. The molecule has 1 atom stereocenters. The number of hydrogen-bond acceptors (Lipinski definition) is 3. The van der Waals surface area contributed by atoms with Crippen molar-refractivity contribution in [3.8, 4) is 0 Å². The lowest BCUT2D eigenvalue weighted by Crippen LogP contribution is -2.56.